The maximum Gasteiger partial charge on any atom is 0.100 e. The van der Waals surface area contributed by atoms with E-state index >= 15 is 0 Å². The molecule has 0 fully saturated rings. The van der Waals surface area contributed by atoms with Crippen molar-refractivity contribution in [2.75, 3.05) is 7.05 Å². The lowest BCUT2D eigenvalue weighted by atomic mass is 10.0. The van der Waals surface area contributed by atoms with Crippen molar-refractivity contribution in [3.8, 4) is 5.69 Å². The Morgan fingerprint density at radius 2 is 1.67 bits per heavy atom. The van der Waals surface area contributed by atoms with Crippen LogP contribution in [0.15, 0.2) is 66.9 Å². The highest BCUT2D eigenvalue weighted by Gasteiger charge is 2.14. The van der Waals surface area contributed by atoms with Gasteiger partial charge in [0.15, 0.2) is 0 Å². The Labute approximate surface area is 124 Å². The molecule has 0 aliphatic rings. The van der Waals surface area contributed by atoms with Crippen molar-refractivity contribution >= 4 is 0 Å². The van der Waals surface area contributed by atoms with Crippen molar-refractivity contribution in [1.82, 2.24) is 20.3 Å². The Balaban J connectivity index is 1.81. The first-order valence-corrected chi connectivity index (χ1v) is 7.05. The van der Waals surface area contributed by atoms with Gasteiger partial charge in [-0.3, -0.25) is 0 Å². The SMILES string of the molecule is CNC(Cc1ccccc1)c1cnn(-c2ccccc2)n1. The number of rotatable bonds is 5. The van der Waals surface area contributed by atoms with E-state index in [0.29, 0.717) is 0 Å². The van der Waals surface area contributed by atoms with Crippen molar-refractivity contribution in [1.29, 1.82) is 0 Å². The van der Waals surface area contributed by atoms with Crippen LogP contribution in [0.1, 0.15) is 17.3 Å². The Kier molecular flexibility index (Phi) is 4.07. The number of para-hydroxylation sites is 1. The fraction of sp³-hybridized carbons (Fsp3) is 0.176. The fourth-order valence-corrected chi connectivity index (χ4v) is 2.32. The van der Waals surface area contributed by atoms with Crippen LogP contribution in [0.4, 0.5) is 0 Å². The summed E-state index contributed by atoms with van der Waals surface area (Å²) in [5.74, 6) is 0. The van der Waals surface area contributed by atoms with Crippen molar-refractivity contribution < 1.29 is 0 Å². The number of hydrogen-bond acceptors (Lipinski definition) is 3. The molecule has 0 amide bonds. The van der Waals surface area contributed by atoms with Crippen LogP contribution in [0.5, 0.6) is 0 Å². The monoisotopic (exact) mass is 278 g/mol. The molecule has 0 spiro atoms. The molecule has 1 atom stereocenters. The first-order chi connectivity index (χ1) is 10.4. The second-order valence-electron chi connectivity index (χ2n) is 4.93. The van der Waals surface area contributed by atoms with Gasteiger partial charge in [0, 0.05) is 0 Å². The van der Waals surface area contributed by atoms with Crippen LogP contribution in [0.25, 0.3) is 5.69 Å². The predicted molar refractivity (Wildman–Crippen MR) is 83.3 cm³/mol. The molecular formula is C17H18N4. The lowest BCUT2D eigenvalue weighted by Gasteiger charge is -2.13. The van der Waals surface area contributed by atoms with Crippen LogP contribution in [-0.4, -0.2) is 22.0 Å². The Morgan fingerprint density at radius 3 is 2.33 bits per heavy atom. The van der Waals surface area contributed by atoms with Gasteiger partial charge in [0.25, 0.3) is 0 Å². The molecule has 0 aliphatic carbocycles. The summed E-state index contributed by atoms with van der Waals surface area (Å²) in [5, 5.41) is 12.3. The van der Waals surface area contributed by atoms with Crippen LogP contribution in [-0.2, 0) is 6.42 Å². The molecule has 1 N–H and O–H groups in total. The van der Waals surface area contributed by atoms with E-state index < -0.39 is 0 Å². The number of nitrogens with zero attached hydrogens (tertiary/aromatic N) is 3. The van der Waals surface area contributed by atoms with Gasteiger partial charge in [-0.1, -0.05) is 48.5 Å². The molecule has 0 saturated carbocycles. The lowest BCUT2D eigenvalue weighted by molar-refractivity contribution is 0.567. The van der Waals surface area contributed by atoms with E-state index in [-0.39, 0.29) is 6.04 Å². The molecule has 106 valence electrons. The average Bonchev–Trinajstić information content (AvgIpc) is 3.04. The molecule has 0 radical (unpaired) electrons. The first-order valence-electron chi connectivity index (χ1n) is 7.05. The van der Waals surface area contributed by atoms with Gasteiger partial charge in [-0.05, 0) is 31.2 Å². The molecule has 1 heterocycles. The van der Waals surface area contributed by atoms with Crippen LogP contribution < -0.4 is 5.32 Å². The van der Waals surface area contributed by atoms with E-state index in [1.54, 1.807) is 4.80 Å². The van der Waals surface area contributed by atoms with Gasteiger partial charge in [-0.15, -0.1) is 0 Å². The highest BCUT2D eigenvalue weighted by Crippen LogP contribution is 2.16. The summed E-state index contributed by atoms with van der Waals surface area (Å²) in [5.41, 5.74) is 3.20. The van der Waals surface area contributed by atoms with Crippen LogP contribution in [0.3, 0.4) is 0 Å². The molecule has 3 rings (SSSR count). The molecule has 21 heavy (non-hydrogen) atoms. The maximum atomic E-state index is 4.59. The smallest absolute Gasteiger partial charge is 0.100 e. The predicted octanol–water partition coefficient (Wildman–Crippen LogP) is 2.77. The summed E-state index contributed by atoms with van der Waals surface area (Å²) >= 11 is 0. The van der Waals surface area contributed by atoms with Gasteiger partial charge in [-0.2, -0.15) is 15.0 Å². The highest BCUT2D eigenvalue weighted by atomic mass is 15.5. The summed E-state index contributed by atoms with van der Waals surface area (Å²) in [7, 11) is 1.95. The molecule has 1 unspecified atom stereocenters. The van der Waals surface area contributed by atoms with Crippen molar-refractivity contribution in [3.05, 3.63) is 78.1 Å². The van der Waals surface area contributed by atoms with Gasteiger partial charge in [0.2, 0.25) is 0 Å². The maximum absolute atomic E-state index is 4.59. The van der Waals surface area contributed by atoms with E-state index in [4.69, 9.17) is 0 Å². The van der Waals surface area contributed by atoms with Crippen LogP contribution in [0.2, 0.25) is 0 Å². The second-order valence-corrected chi connectivity index (χ2v) is 4.93. The number of hydrogen-bond donors (Lipinski definition) is 1. The summed E-state index contributed by atoms with van der Waals surface area (Å²) in [6.45, 7) is 0. The van der Waals surface area contributed by atoms with E-state index in [9.17, 15) is 0 Å². The largest absolute Gasteiger partial charge is 0.311 e. The fourth-order valence-electron chi connectivity index (χ4n) is 2.32. The van der Waals surface area contributed by atoms with E-state index in [2.05, 4.69) is 39.8 Å². The quantitative estimate of drug-likeness (QED) is 0.780. The lowest BCUT2D eigenvalue weighted by Crippen LogP contribution is -2.19. The summed E-state index contributed by atoms with van der Waals surface area (Å²) in [4.78, 5) is 1.67. The van der Waals surface area contributed by atoms with Crippen molar-refractivity contribution in [3.63, 3.8) is 0 Å². The average molecular weight is 278 g/mol. The van der Waals surface area contributed by atoms with Crippen molar-refractivity contribution in [2.24, 2.45) is 0 Å². The minimum Gasteiger partial charge on any atom is -0.311 e. The molecule has 2 aromatic carbocycles. The number of benzene rings is 2. The zero-order chi connectivity index (χ0) is 14.5. The highest BCUT2D eigenvalue weighted by molar-refractivity contribution is 5.28. The summed E-state index contributed by atoms with van der Waals surface area (Å²) in [6, 6.07) is 20.5. The zero-order valence-electron chi connectivity index (χ0n) is 12.0. The third kappa shape index (κ3) is 3.17. The van der Waals surface area contributed by atoms with Gasteiger partial charge < -0.3 is 5.32 Å². The summed E-state index contributed by atoms with van der Waals surface area (Å²) in [6.07, 6.45) is 2.72. The Morgan fingerprint density at radius 1 is 1.00 bits per heavy atom. The number of likely N-dealkylation sites (N-methyl/N-ethyl adjacent to an activating group) is 1. The molecule has 4 nitrogen and oxygen atoms in total. The molecule has 0 saturated heterocycles. The van der Waals surface area contributed by atoms with Gasteiger partial charge >= 0.3 is 0 Å². The first kappa shape index (κ1) is 13.5. The Bertz CT molecular complexity index is 676. The minimum atomic E-state index is 0.157. The topological polar surface area (TPSA) is 42.7 Å². The standard InChI is InChI=1S/C17H18N4/c1-18-16(12-14-8-4-2-5-9-14)17-13-19-21(20-17)15-10-6-3-7-11-15/h2-11,13,16,18H,12H2,1H3. The molecule has 3 aromatic rings. The van der Waals surface area contributed by atoms with Crippen LogP contribution >= 0.6 is 0 Å². The van der Waals surface area contributed by atoms with E-state index in [1.807, 2.05) is 49.6 Å². The zero-order valence-corrected chi connectivity index (χ0v) is 12.0. The second kappa shape index (κ2) is 6.33. The summed E-state index contributed by atoms with van der Waals surface area (Å²) < 4.78 is 0. The van der Waals surface area contributed by atoms with Crippen LogP contribution in [0, 0.1) is 0 Å². The van der Waals surface area contributed by atoms with Gasteiger partial charge in [0.05, 0.1) is 17.9 Å². The number of aromatic nitrogens is 3. The van der Waals surface area contributed by atoms with Crippen molar-refractivity contribution in [2.45, 2.75) is 12.5 Å². The molecule has 0 bridgehead atoms. The molecule has 1 aromatic heterocycles. The third-order valence-electron chi connectivity index (χ3n) is 3.48. The van der Waals surface area contributed by atoms with Gasteiger partial charge in [-0.25, -0.2) is 0 Å². The third-order valence-corrected chi connectivity index (χ3v) is 3.48. The molecular weight excluding hydrogens is 260 g/mol. The Hall–Kier alpha value is -2.46. The van der Waals surface area contributed by atoms with E-state index in [0.717, 1.165) is 17.8 Å². The molecule has 0 aliphatic heterocycles. The normalized spacial score (nSPS) is 12.2. The number of nitrogens with one attached hydrogen (secondary N) is 1. The van der Waals surface area contributed by atoms with E-state index in [1.165, 1.54) is 5.56 Å². The minimum absolute atomic E-state index is 0.157. The molecule has 4 heteroatoms. The van der Waals surface area contributed by atoms with Gasteiger partial charge in [0.1, 0.15) is 5.69 Å².